The summed E-state index contributed by atoms with van der Waals surface area (Å²) in [5, 5.41) is 41.0. The number of ether oxygens (including phenoxy) is 2. The molecule has 13 nitrogen and oxygen atoms in total. The summed E-state index contributed by atoms with van der Waals surface area (Å²) in [6.45, 7) is 8.69. The number of halogens is 6. The van der Waals surface area contributed by atoms with Gasteiger partial charge in [-0.1, -0.05) is 19.1 Å². The summed E-state index contributed by atoms with van der Waals surface area (Å²) < 4.78 is 75.0. The fourth-order valence-electron chi connectivity index (χ4n) is 4.16. The number of carbonyl (C=O) groups excluding carboxylic acids is 1. The standard InChI is InChI=1S/C27H36N4O5.2C2HF3O2/c1-5-18-17(13-29-23(15-32)16(4)33)9-8-10-21(18)31-26-19-11-24(35-6-2)25(36-7-3)12-22(19)30-14-20(26)27(28)34;2*3-2(4,5)1(6)7/h8-12,14,16,23,29,32-33H,5-7,13,15H2,1-4H3,(H2,28,34)(H,30,31);2*(H,6,7)/t16-,23+;;/m1../s1. The summed E-state index contributed by atoms with van der Waals surface area (Å²) in [5.41, 5.74) is 10.0. The molecule has 19 heteroatoms. The van der Waals surface area contributed by atoms with Crippen LogP contribution in [0.15, 0.2) is 36.5 Å². The highest BCUT2D eigenvalue weighted by Gasteiger charge is 2.38. The van der Waals surface area contributed by atoms with Crippen LogP contribution in [0.1, 0.15) is 49.2 Å². The van der Waals surface area contributed by atoms with E-state index in [1.165, 1.54) is 6.20 Å². The summed E-state index contributed by atoms with van der Waals surface area (Å²) in [5.74, 6) is -4.98. The number of anilines is 2. The number of carbonyl (C=O) groups is 3. The Morgan fingerprint density at radius 2 is 1.46 bits per heavy atom. The number of aliphatic carboxylic acids is 2. The lowest BCUT2D eigenvalue weighted by Gasteiger charge is -2.22. The average molecular weight is 725 g/mol. The number of rotatable bonds is 13. The molecule has 0 spiro atoms. The smallest absolute Gasteiger partial charge is 0.490 e. The number of fused-ring (bicyclic) bond motifs is 1. The van der Waals surface area contributed by atoms with Crippen LogP contribution in [0, 0.1) is 0 Å². The Labute approximate surface area is 282 Å². The minimum Gasteiger partial charge on any atom is -0.490 e. The van der Waals surface area contributed by atoms with E-state index in [0.717, 1.165) is 16.8 Å². The van der Waals surface area contributed by atoms with E-state index in [0.29, 0.717) is 54.3 Å². The molecular formula is C31H38F6N4O9. The summed E-state index contributed by atoms with van der Waals surface area (Å²) in [6, 6.07) is 9.03. The maximum atomic E-state index is 12.4. The zero-order valence-corrected chi connectivity index (χ0v) is 27.3. The zero-order chi connectivity index (χ0) is 38.4. The minimum atomic E-state index is -5.08. The first-order chi connectivity index (χ1) is 23.2. The van der Waals surface area contributed by atoms with Crippen LogP contribution in [0.3, 0.4) is 0 Å². The molecule has 0 aliphatic heterocycles. The lowest BCUT2D eigenvalue weighted by atomic mass is 10.0. The highest BCUT2D eigenvalue weighted by molar-refractivity contribution is 6.08. The number of aliphatic hydroxyl groups is 2. The number of amides is 1. The number of nitrogens with two attached hydrogens (primary N) is 1. The highest BCUT2D eigenvalue weighted by atomic mass is 19.4. The van der Waals surface area contributed by atoms with E-state index in [1.54, 1.807) is 13.0 Å². The zero-order valence-electron chi connectivity index (χ0n) is 27.3. The number of nitrogens with zero attached hydrogens (tertiary/aromatic N) is 1. The van der Waals surface area contributed by atoms with Crippen LogP contribution in [0.5, 0.6) is 11.5 Å². The van der Waals surface area contributed by atoms with E-state index >= 15 is 0 Å². The molecule has 0 bridgehead atoms. The molecule has 2 aromatic carbocycles. The highest BCUT2D eigenvalue weighted by Crippen LogP contribution is 2.38. The molecule has 0 radical (unpaired) electrons. The molecule has 0 saturated carbocycles. The summed E-state index contributed by atoms with van der Waals surface area (Å²) >= 11 is 0. The largest absolute Gasteiger partial charge is 0.490 e. The van der Waals surface area contributed by atoms with Crippen molar-refractivity contribution in [3.8, 4) is 11.5 Å². The molecule has 0 unspecified atom stereocenters. The van der Waals surface area contributed by atoms with Crippen LogP contribution in [0.4, 0.5) is 37.7 Å². The predicted molar refractivity (Wildman–Crippen MR) is 168 cm³/mol. The van der Waals surface area contributed by atoms with Gasteiger partial charge in [0.25, 0.3) is 5.91 Å². The second-order valence-corrected chi connectivity index (χ2v) is 10.0. The first-order valence-electron chi connectivity index (χ1n) is 14.8. The molecular weight excluding hydrogens is 686 g/mol. The second kappa shape index (κ2) is 19.3. The number of primary amides is 1. The number of hydrogen-bond donors (Lipinski definition) is 7. The van der Waals surface area contributed by atoms with E-state index < -0.39 is 42.3 Å². The maximum absolute atomic E-state index is 12.4. The SMILES string of the molecule is CCOc1cc2ncc(C(N)=O)c(Nc3cccc(CN[C@@H](CO)[C@@H](C)O)c3CC)c2cc1OCC.O=C(O)C(F)(F)F.O=C(O)C(F)(F)F. The Morgan fingerprint density at radius 3 is 1.88 bits per heavy atom. The van der Waals surface area contributed by atoms with Gasteiger partial charge in [0.2, 0.25) is 0 Å². The van der Waals surface area contributed by atoms with Crippen molar-refractivity contribution in [2.75, 3.05) is 25.1 Å². The molecule has 50 heavy (non-hydrogen) atoms. The Kier molecular flexibility index (Phi) is 16.7. The van der Waals surface area contributed by atoms with E-state index in [4.69, 9.17) is 35.0 Å². The maximum Gasteiger partial charge on any atom is 0.490 e. The predicted octanol–water partition coefficient (Wildman–Crippen LogP) is 4.54. The second-order valence-electron chi connectivity index (χ2n) is 10.0. The van der Waals surface area contributed by atoms with Crippen molar-refractivity contribution in [3.63, 3.8) is 0 Å². The van der Waals surface area contributed by atoms with Crippen molar-refractivity contribution >= 4 is 40.1 Å². The van der Waals surface area contributed by atoms with Crippen LogP contribution in [0.25, 0.3) is 10.9 Å². The first-order valence-corrected chi connectivity index (χ1v) is 14.8. The van der Waals surface area contributed by atoms with Crippen molar-refractivity contribution in [3.05, 3.63) is 53.2 Å². The number of alkyl halides is 6. The number of pyridine rings is 1. The van der Waals surface area contributed by atoms with Gasteiger partial charge >= 0.3 is 24.3 Å². The van der Waals surface area contributed by atoms with E-state index in [1.807, 2.05) is 45.0 Å². The van der Waals surface area contributed by atoms with E-state index in [-0.39, 0.29) is 12.2 Å². The van der Waals surface area contributed by atoms with Crippen molar-refractivity contribution in [1.29, 1.82) is 0 Å². The quantitative estimate of drug-likeness (QED) is 0.121. The molecule has 1 amide bonds. The molecule has 1 aromatic heterocycles. The third-order valence-electron chi connectivity index (χ3n) is 6.50. The summed E-state index contributed by atoms with van der Waals surface area (Å²) in [4.78, 5) is 34.6. The molecule has 0 saturated heterocycles. The van der Waals surface area contributed by atoms with Gasteiger partial charge in [0.15, 0.2) is 11.5 Å². The van der Waals surface area contributed by atoms with Crippen LogP contribution in [-0.4, -0.2) is 87.6 Å². The van der Waals surface area contributed by atoms with Gasteiger partial charge in [0.05, 0.1) is 48.7 Å². The molecule has 278 valence electrons. The average Bonchev–Trinajstić information content (AvgIpc) is 3.01. The minimum absolute atomic E-state index is 0.173. The number of aromatic nitrogens is 1. The third kappa shape index (κ3) is 12.9. The van der Waals surface area contributed by atoms with Gasteiger partial charge in [0, 0.05) is 29.9 Å². The van der Waals surface area contributed by atoms with Crippen LogP contribution in [0.2, 0.25) is 0 Å². The van der Waals surface area contributed by atoms with Crippen molar-refractivity contribution in [1.82, 2.24) is 10.3 Å². The Morgan fingerprint density at radius 1 is 0.940 bits per heavy atom. The number of benzene rings is 2. The van der Waals surface area contributed by atoms with E-state index in [9.17, 15) is 41.4 Å². The Bertz CT molecular complexity index is 1580. The molecule has 0 fully saturated rings. The van der Waals surface area contributed by atoms with Gasteiger partial charge in [-0.2, -0.15) is 26.3 Å². The lowest BCUT2D eigenvalue weighted by Crippen LogP contribution is -2.40. The number of nitrogens with one attached hydrogen (secondary N) is 2. The van der Waals surface area contributed by atoms with Crippen molar-refractivity contribution in [2.24, 2.45) is 5.73 Å². The first kappa shape index (κ1) is 43.1. The normalized spacial score (nSPS) is 12.4. The molecule has 0 aliphatic carbocycles. The monoisotopic (exact) mass is 724 g/mol. The molecule has 8 N–H and O–H groups in total. The Balaban J connectivity index is 0.000000748. The van der Waals surface area contributed by atoms with Gasteiger partial charge in [-0.25, -0.2) is 9.59 Å². The van der Waals surface area contributed by atoms with Crippen LogP contribution >= 0.6 is 0 Å². The van der Waals surface area contributed by atoms with Gasteiger partial charge < -0.3 is 46.3 Å². The van der Waals surface area contributed by atoms with Gasteiger partial charge in [-0.3, -0.25) is 9.78 Å². The number of hydrogen-bond acceptors (Lipinski definition) is 10. The van der Waals surface area contributed by atoms with Crippen molar-refractivity contribution < 1.29 is 70.6 Å². The number of aliphatic hydroxyl groups excluding tert-OH is 2. The molecule has 1 heterocycles. The van der Waals surface area contributed by atoms with Gasteiger partial charge in [-0.15, -0.1) is 0 Å². The third-order valence-corrected chi connectivity index (χ3v) is 6.50. The molecule has 2 atom stereocenters. The Hall–Kier alpha value is -4.88. The van der Waals surface area contributed by atoms with Crippen LogP contribution < -0.4 is 25.8 Å². The van der Waals surface area contributed by atoms with E-state index in [2.05, 4.69) is 15.6 Å². The topological polar surface area (TPSA) is 214 Å². The fourth-order valence-corrected chi connectivity index (χ4v) is 4.16. The van der Waals surface area contributed by atoms with Gasteiger partial charge in [0.1, 0.15) is 0 Å². The summed E-state index contributed by atoms with van der Waals surface area (Å²) in [7, 11) is 0. The van der Waals surface area contributed by atoms with Crippen LogP contribution in [-0.2, 0) is 22.6 Å². The fraction of sp³-hybridized carbons (Fsp3) is 0.419. The van der Waals surface area contributed by atoms with Crippen molar-refractivity contribution in [2.45, 2.75) is 65.2 Å². The lowest BCUT2D eigenvalue weighted by molar-refractivity contribution is -0.193. The number of carboxylic acids is 2. The molecule has 3 aromatic rings. The van der Waals surface area contributed by atoms with Gasteiger partial charge in [-0.05, 0) is 50.5 Å². The number of carboxylic acid groups (broad SMARTS) is 2. The summed E-state index contributed by atoms with van der Waals surface area (Å²) in [6.07, 6.45) is -8.68. The molecule has 3 rings (SSSR count). The molecule has 0 aliphatic rings.